The number of nitrogens with one attached hydrogen (secondary N) is 2. The molecule has 3 rings (SSSR count). The first-order chi connectivity index (χ1) is 10.8. The largest absolute Gasteiger partial charge is 0.355 e. The number of rotatable bonds is 5. The standard InChI is InChI=1S/C19H28N2O.ClH/c22-18(13-16-9-12-20-14-16)21-15-19(10-5-2-6-11-19)17-7-3-1-4-8-17;/h1,3-4,7-8,16,20H,2,5-6,9-15H2,(H,21,22);1H. The zero-order valence-electron chi connectivity index (χ0n) is 13.9. The Kier molecular flexibility index (Phi) is 6.91. The summed E-state index contributed by atoms with van der Waals surface area (Å²) in [5.41, 5.74) is 1.56. The third-order valence-electron chi connectivity index (χ3n) is 5.46. The van der Waals surface area contributed by atoms with Crippen LogP contribution in [0.4, 0.5) is 0 Å². The summed E-state index contributed by atoms with van der Waals surface area (Å²) in [5.74, 6) is 0.758. The van der Waals surface area contributed by atoms with Gasteiger partial charge in [-0.15, -0.1) is 12.4 Å². The monoisotopic (exact) mass is 336 g/mol. The highest BCUT2D eigenvalue weighted by Crippen LogP contribution is 2.38. The van der Waals surface area contributed by atoms with Crippen LogP contribution in [-0.4, -0.2) is 25.5 Å². The van der Waals surface area contributed by atoms with Gasteiger partial charge in [0.25, 0.3) is 0 Å². The van der Waals surface area contributed by atoms with E-state index in [1.807, 2.05) is 0 Å². The molecule has 0 spiro atoms. The Bertz CT molecular complexity index is 479. The molecule has 1 heterocycles. The predicted molar refractivity (Wildman–Crippen MR) is 97.1 cm³/mol. The Morgan fingerprint density at radius 1 is 1.17 bits per heavy atom. The highest BCUT2D eigenvalue weighted by molar-refractivity contribution is 5.85. The lowest BCUT2D eigenvalue weighted by atomic mass is 9.69. The topological polar surface area (TPSA) is 41.1 Å². The molecule has 0 aromatic heterocycles. The summed E-state index contributed by atoms with van der Waals surface area (Å²) in [6, 6.07) is 10.8. The van der Waals surface area contributed by atoms with Crippen molar-refractivity contribution < 1.29 is 4.79 Å². The van der Waals surface area contributed by atoms with Gasteiger partial charge in [0.1, 0.15) is 0 Å². The van der Waals surface area contributed by atoms with Gasteiger partial charge >= 0.3 is 0 Å². The minimum absolute atomic E-state index is 0. The molecule has 128 valence electrons. The second-order valence-electron chi connectivity index (χ2n) is 7.05. The molecule has 1 aliphatic carbocycles. The maximum atomic E-state index is 12.3. The van der Waals surface area contributed by atoms with Crippen molar-refractivity contribution in [3.63, 3.8) is 0 Å². The van der Waals surface area contributed by atoms with Crippen molar-refractivity contribution in [1.29, 1.82) is 0 Å². The third kappa shape index (κ3) is 4.71. The van der Waals surface area contributed by atoms with E-state index in [0.717, 1.165) is 26.1 Å². The Morgan fingerprint density at radius 2 is 1.91 bits per heavy atom. The molecule has 1 aromatic rings. The Morgan fingerprint density at radius 3 is 2.57 bits per heavy atom. The van der Waals surface area contributed by atoms with Crippen LogP contribution in [0.15, 0.2) is 30.3 Å². The van der Waals surface area contributed by atoms with Gasteiger partial charge in [0, 0.05) is 18.4 Å². The Hall–Kier alpha value is -1.06. The fourth-order valence-corrected chi connectivity index (χ4v) is 4.08. The molecular formula is C19H29ClN2O. The molecule has 0 radical (unpaired) electrons. The summed E-state index contributed by atoms with van der Waals surface area (Å²) < 4.78 is 0. The molecule has 1 aliphatic heterocycles. The van der Waals surface area contributed by atoms with Crippen molar-refractivity contribution in [3.05, 3.63) is 35.9 Å². The number of carbonyl (C=O) groups excluding carboxylic acids is 1. The molecule has 4 heteroatoms. The van der Waals surface area contributed by atoms with Gasteiger partial charge in [-0.2, -0.15) is 0 Å². The number of amides is 1. The van der Waals surface area contributed by atoms with Crippen LogP contribution in [0.3, 0.4) is 0 Å². The van der Waals surface area contributed by atoms with Crippen molar-refractivity contribution in [2.24, 2.45) is 5.92 Å². The summed E-state index contributed by atoms with van der Waals surface area (Å²) in [6.07, 6.45) is 8.09. The summed E-state index contributed by atoms with van der Waals surface area (Å²) in [5, 5.41) is 6.59. The van der Waals surface area contributed by atoms with Crippen LogP contribution in [0.2, 0.25) is 0 Å². The number of hydrogen-bond donors (Lipinski definition) is 2. The van der Waals surface area contributed by atoms with Crippen molar-refractivity contribution in [1.82, 2.24) is 10.6 Å². The molecular weight excluding hydrogens is 308 g/mol. The lowest BCUT2D eigenvalue weighted by molar-refractivity contribution is -0.122. The van der Waals surface area contributed by atoms with Crippen LogP contribution in [0.25, 0.3) is 0 Å². The van der Waals surface area contributed by atoms with E-state index < -0.39 is 0 Å². The number of carbonyl (C=O) groups is 1. The highest BCUT2D eigenvalue weighted by Gasteiger charge is 2.34. The molecule has 0 bridgehead atoms. The Balaban J connectivity index is 0.00000192. The van der Waals surface area contributed by atoms with Crippen LogP contribution < -0.4 is 10.6 Å². The van der Waals surface area contributed by atoms with E-state index in [1.54, 1.807) is 0 Å². The van der Waals surface area contributed by atoms with Gasteiger partial charge in [-0.05, 0) is 43.8 Å². The summed E-state index contributed by atoms with van der Waals surface area (Å²) in [6.45, 7) is 2.86. The average Bonchev–Trinajstić information content (AvgIpc) is 3.08. The fraction of sp³-hybridized carbons (Fsp3) is 0.632. The van der Waals surface area contributed by atoms with E-state index in [0.29, 0.717) is 12.3 Å². The van der Waals surface area contributed by atoms with E-state index in [1.165, 1.54) is 37.7 Å². The second kappa shape index (κ2) is 8.70. The third-order valence-corrected chi connectivity index (χ3v) is 5.46. The van der Waals surface area contributed by atoms with Crippen molar-refractivity contribution in [2.75, 3.05) is 19.6 Å². The second-order valence-corrected chi connectivity index (χ2v) is 7.05. The lowest BCUT2D eigenvalue weighted by Gasteiger charge is -2.38. The predicted octanol–water partition coefficient (Wildman–Crippen LogP) is 3.43. The van der Waals surface area contributed by atoms with Crippen molar-refractivity contribution >= 4 is 18.3 Å². The zero-order valence-corrected chi connectivity index (χ0v) is 14.7. The molecule has 1 aromatic carbocycles. The molecule has 1 unspecified atom stereocenters. The first kappa shape index (κ1) is 18.3. The van der Waals surface area contributed by atoms with Gasteiger partial charge in [0.2, 0.25) is 5.91 Å². The van der Waals surface area contributed by atoms with Crippen LogP contribution in [-0.2, 0) is 10.2 Å². The van der Waals surface area contributed by atoms with Crippen LogP contribution >= 0.6 is 12.4 Å². The minimum Gasteiger partial charge on any atom is -0.355 e. The zero-order chi connectivity index (χ0) is 15.3. The molecule has 23 heavy (non-hydrogen) atoms. The van der Waals surface area contributed by atoms with Gasteiger partial charge < -0.3 is 10.6 Å². The maximum Gasteiger partial charge on any atom is 0.220 e. The smallest absolute Gasteiger partial charge is 0.220 e. The molecule has 3 nitrogen and oxygen atoms in total. The van der Waals surface area contributed by atoms with E-state index in [4.69, 9.17) is 0 Å². The Labute approximate surface area is 146 Å². The molecule has 1 saturated carbocycles. The molecule has 2 aliphatic rings. The fourth-order valence-electron chi connectivity index (χ4n) is 4.08. The van der Waals surface area contributed by atoms with Gasteiger partial charge in [0.15, 0.2) is 0 Å². The maximum absolute atomic E-state index is 12.3. The van der Waals surface area contributed by atoms with E-state index in [2.05, 4.69) is 41.0 Å². The van der Waals surface area contributed by atoms with Gasteiger partial charge in [-0.25, -0.2) is 0 Å². The van der Waals surface area contributed by atoms with E-state index in [-0.39, 0.29) is 23.7 Å². The quantitative estimate of drug-likeness (QED) is 0.865. The molecule has 2 fully saturated rings. The van der Waals surface area contributed by atoms with E-state index in [9.17, 15) is 4.79 Å². The highest BCUT2D eigenvalue weighted by atomic mass is 35.5. The molecule has 1 atom stereocenters. The minimum atomic E-state index is 0. The van der Waals surface area contributed by atoms with Crippen molar-refractivity contribution in [2.45, 2.75) is 50.4 Å². The van der Waals surface area contributed by atoms with E-state index >= 15 is 0 Å². The van der Waals surface area contributed by atoms with Gasteiger partial charge in [0.05, 0.1) is 0 Å². The van der Waals surface area contributed by atoms with Crippen LogP contribution in [0.5, 0.6) is 0 Å². The number of benzene rings is 1. The summed E-state index contributed by atoms with van der Waals surface area (Å²) >= 11 is 0. The SMILES string of the molecule is Cl.O=C(CC1CCNC1)NCC1(c2ccccc2)CCCCC1. The molecule has 2 N–H and O–H groups in total. The first-order valence-corrected chi connectivity index (χ1v) is 8.81. The van der Waals surface area contributed by atoms with Crippen LogP contribution in [0.1, 0.15) is 50.5 Å². The summed E-state index contributed by atoms with van der Waals surface area (Å²) in [4.78, 5) is 12.3. The van der Waals surface area contributed by atoms with Crippen LogP contribution in [0, 0.1) is 5.92 Å². The lowest BCUT2D eigenvalue weighted by Crippen LogP contribution is -2.42. The summed E-state index contributed by atoms with van der Waals surface area (Å²) in [7, 11) is 0. The van der Waals surface area contributed by atoms with Gasteiger partial charge in [-0.1, -0.05) is 49.6 Å². The molecule has 1 amide bonds. The first-order valence-electron chi connectivity index (χ1n) is 8.81. The number of hydrogen-bond acceptors (Lipinski definition) is 2. The van der Waals surface area contributed by atoms with Gasteiger partial charge in [-0.3, -0.25) is 4.79 Å². The average molecular weight is 337 g/mol. The number of halogens is 1. The van der Waals surface area contributed by atoms with Crippen molar-refractivity contribution in [3.8, 4) is 0 Å². The normalized spacial score (nSPS) is 23.0. The molecule has 1 saturated heterocycles.